The van der Waals surface area contributed by atoms with Crippen LogP contribution in [0.1, 0.15) is 12.5 Å². The van der Waals surface area contributed by atoms with Crippen molar-refractivity contribution in [2.24, 2.45) is 0 Å². The minimum absolute atomic E-state index is 1.28. The summed E-state index contributed by atoms with van der Waals surface area (Å²) in [5, 5.41) is 0. The van der Waals surface area contributed by atoms with Crippen LogP contribution >= 0.6 is 0 Å². The smallest absolute Gasteiger partial charge is 0.112 e. The molecule has 0 unspecified atom stereocenters. The highest BCUT2D eigenvalue weighted by Gasteiger charge is 1.82. The summed E-state index contributed by atoms with van der Waals surface area (Å²) >= 11 is 0. The fraction of sp³-hybridized carbons (Fsp3) is 0.111. The topological polar surface area (TPSA) is 0 Å². The SMILES string of the molecule is BC(C)=Cc1ccccc1. The van der Waals surface area contributed by atoms with Gasteiger partial charge in [-0.2, -0.15) is 0 Å². The average molecular weight is 130 g/mol. The summed E-state index contributed by atoms with van der Waals surface area (Å²) in [6.45, 7) is 2.10. The van der Waals surface area contributed by atoms with Gasteiger partial charge in [-0.15, -0.1) is 5.47 Å². The van der Waals surface area contributed by atoms with Crippen molar-refractivity contribution < 1.29 is 0 Å². The number of hydrogen-bond donors (Lipinski definition) is 0. The van der Waals surface area contributed by atoms with E-state index in [1.165, 1.54) is 11.0 Å². The molecule has 0 atom stereocenters. The minimum Gasteiger partial charge on any atom is -0.112 e. The molecule has 0 amide bonds. The Balaban J connectivity index is 2.87. The lowest BCUT2D eigenvalue weighted by Gasteiger charge is -1.91. The van der Waals surface area contributed by atoms with Gasteiger partial charge in [0, 0.05) is 0 Å². The summed E-state index contributed by atoms with van der Waals surface area (Å²) in [7, 11) is 2.10. The fourth-order valence-electron chi connectivity index (χ4n) is 0.883. The highest BCUT2D eigenvalue weighted by Crippen LogP contribution is 2.02. The molecule has 0 bridgehead atoms. The van der Waals surface area contributed by atoms with Gasteiger partial charge >= 0.3 is 0 Å². The van der Waals surface area contributed by atoms with E-state index < -0.39 is 0 Å². The number of benzene rings is 1. The maximum Gasteiger partial charge on any atom is 0.133 e. The van der Waals surface area contributed by atoms with E-state index in [9.17, 15) is 0 Å². The summed E-state index contributed by atoms with van der Waals surface area (Å²) in [6.07, 6.45) is 2.17. The molecule has 0 aromatic heterocycles. The molecule has 0 saturated heterocycles. The molecule has 0 aliphatic carbocycles. The Morgan fingerprint density at radius 1 is 1.30 bits per heavy atom. The van der Waals surface area contributed by atoms with E-state index in [1.54, 1.807) is 0 Å². The number of allylic oxidation sites excluding steroid dienone is 1. The Morgan fingerprint density at radius 3 is 2.40 bits per heavy atom. The third-order valence-electron chi connectivity index (χ3n) is 1.25. The lowest BCUT2D eigenvalue weighted by molar-refractivity contribution is 1.62. The zero-order chi connectivity index (χ0) is 7.40. The van der Waals surface area contributed by atoms with Crippen LogP contribution in [0.2, 0.25) is 0 Å². The third-order valence-corrected chi connectivity index (χ3v) is 1.25. The predicted octanol–water partition coefficient (Wildman–Crippen LogP) is 1.68. The molecule has 1 rings (SSSR count). The van der Waals surface area contributed by atoms with E-state index in [-0.39, 0.29) is 0 Å². The van der Waals surface area contributed by atoms with Crippen LogP contribution < -0.4 is 0 Å². The van der Waals surface area contributed by atoms with E-state index in [2.05, 4.69) is 45.1 Å². The van der Waals surface area contributed by atoms with Gasteiger partial charge in [0.15, 0.2) is 0 Å². The van der Waals surface area contributed by atoms with E-state index in [4.69, 9.17) is 0 Å². The third kappa shape index (κ3) is 2.10. The first kappa shape index (κ1) is 7.14. The van der Waals surface area contributed by atoms with Crippen LogP contribution in [0.5, 0.6) is 0 Å². The Bertz CT molecular complexity index is 220. The molecule has 50 valence electrons. The van der Waals surface area contributed by atoms with Gasteiger partial charge in [0.05, 0.1) is 0 Å². The standard InChI is InChI=1S/C9H11B/c1-8(10)7-9-5-3-2-4-6-9/h2-7H,10H2,1H3. The highest BCUT2D eigenvalue weighted by atomic mass is 13.9. The van der Waals surface area contributed by atoms with Crippen molar-refractivity contribution in [3.63, 3.8) is 0 Å². The lowest BCUT2D eigenvalue weighted by Crippen LogP contribution is -1.73. The molecule has 1 aromatic carbocycles. The lowest BCUT2D eigenvalue weighted by atomic mass is 9.96. The van der Waals surface area contributed by atoms with Gasteiger partial charge in [-0.1, -0.05) is 43.3 Å². The Kier molecular flexibility index (Phi) is 2.32. The van der Waals surface area contributed by atoms with Crippen LogP contribution in [0, 0.1) is 0 Å². The van der Waals surface area contributed by atoms with Gasteiger partial charge in [0.25, 0.3) is 0 Å². The van der Waals surface area contributed by atoms with E-state index >= 15 is 0 Å². The maximum atomic E-state index is 2.17. The first-order chi connectivity index (χ1) is 4.79. The monoisotopic (exact) mass is 130 g/mol. The molecule has 0 N–H and O–H groups in total. The second kappa shape index (κ2) is 3.26. The number of hydrogen-bond acceptors (Lipinski definition) is 0. The molecule has 0 nitrogen and oxygen atoms in total. The van der Waals surface area contributed by atoms with Crippen LogP contribution in [0.25, 0.3) is 6.08 Å². The Hall–Kier alpha value is -0.975. The molecule has 1 aromatic rings. The van der Waals surface area contributed by atoms with Crippen molar-refractivity contribution in [2.45, 2.75) is 6.92 Å². The van der Waals surface area contributed by atoms with E-state index in [1.807, 2.05) is 6.07 Å². The molecule has 0 fully saturated rings. The second-order valence-corrected chi connectivity index (χ2v) is 2.63. The van der Waals surface area contributed by atoms with Crippen LogP contribution in [-0.2, 0) is 0 Å². The van der Waals surface area contributed by atoms with Crippen molar-refractivity contribution in [3.05, 3.63) is 41.4 Å². The summed E-state index contributed by atoms with van der Waals surface area (Å²) in [5.41, 5.74) is 2.62. The van der Waals surface area contributed by atoms with Crippen LogP contribution in [0.3, 0.4) is 0 Å². The molecule has 10 heavy (non-hydrogen) atoms. The maximum absolute atomic E-state index is 2.17. The zero-order valence-electron chi connectivity index (χ0n) is 6.46. The van der Waals surface area contributed by atoms with Crippen molar-refractivity contribution in [1.29, 1.82) is 0 Å². The first-order valence-electron chi connectivity index (χ1n) is 3.49. The zero-order valence-corrected chi connectivity index (χ0v) is 6.46. The highest BCUT2D eigenvalue weighted by molar-refractivity contribution is 6.23. The molecule has 0 radical (unpaired) electrons. The molecule has 0 spiro atoms. The summed E-state index contributed by atoms with van der Waals surface area (Å²) in [5.74, 6) is 0. The van der Waals surface area contributed by atoms with Gasteiger partial charge in [-0.05, 0) is 5.56 Å². The van der Waals surface area contributed by atoms with Gasteiger partial charge in [-0.3, -0.25) is 0 Å². The van der Waals surface area contributed by atoms with Crippen LogP contribution in [0.15, 0.2) is 35.8 Å². The Labute approximate surface area is 63.0 Å². The van der Waals surface area contributed by atoms with Gasteiger partial charge < -0.3 is 0 Å². The largest absolute Gasteiger partial charge is 0.133 e. The van der Waals surface area contributed by atoms with Crippen molar-refractivity contribution in [3.8, 4) is 0 Å². The molecule has 0 heterocycles. The fourth-order valence-corrected chi connectivity index (χ4v) is 0.883. The first-order valence-corrected chi connectivity index (χ1v) is 3.49. The van der Waals surface area contributed by atoms with Crippen molar-refractivity contribution in [1.82, 2.24) is 0 Å². The van der Waals surface area contributed by atoms with Gasteiger partial charge in [0.2, 0.25) is 0 Å². The predicted molar refractivity (Wildman–Crippen MR) is 48.6 cm³/mol. The van der Waals surface area contributed by atoms with E-state index in [0.29, 0.717) is 0 Å². The molecular weight excluding hydrogens is 119 g/mol. The van der Waals surface area contributed by atoms with Crippen LogP contribution in [-0.4, -0.2) is 7.85 Å². The van der Waals surface area contributed by atoms with E-state index in [0.717, 1.165) is 0 Å². The quantitative estimate of drug-likeness (QED) is 0.507. The summed E-state index contributed by atoms with van der Waals surface area (Å²) in [4.78, 5) is 0. The molecule has 0 aliphatic heterocycles. The van der Waals surface area contributed by atoms with Crippen molar-refractivity contribution >= 4 is 13.9 Å². The average Bonchev–Trinajstić information content (AvgIpc) is 1.88. The Morgan fingerprint density at radius 2 is 1.90 bits per heavy atom. The number of rotatable bonds is 1. The van der Waals surface area contributed by atoms with Gasteiger partial charge in [0.1, 0.15) is 7.85 Å². The summed E-state index contributed by atoms with van der Waals surface area (Å²) in [6, 6.07) is 10.3. The van der Waals surface area contributed by atoms with Gasteiger partial charge in [-0.25, -0.2) is 0 Å². The molecule has 1 heteroatoms. The van der Waals surface area contributed by atoms with Crippen LogP contribution in [0.4, 0.5) is 0 Å². The normalized spacial score (nSPS) is 11.5. The molecule has 0 aliphatic rings. The second-order valence-electron chi connectivity index (χ2n) is 2.63. The molecule has 0 saturated carbocycles. The summed E-state index contributed by atoms with van der Waals surface area (Å²) < 4.78 is 0. The molecular formula is C9H11B. The minimum atomic E-state index is 1.28. The van der Waals surface area contributed by atoms with Crippen molar-refractivity contribution in [2.75, 3.05) is 0 Å².